The quantitative estimate of drug-likeness (QED) is 0.802. The van der Waals surface area contributed by atoms with Gasteiger partial charge in [-0.05, 0) is 44.8 Å². The first-order valence-corrected chi connectivity index (χ1v) is 7.14. The van der Waals surface area contributed by atoms with E-state index in [1.54, 1.807) is 0 Å². The SMILES string of the molecule is CCC(C)C(N)C(=O)N(C)CC1CCN(C)CC1. The first-order chi connectivity index (χ1) is 8.45. The average molecular weight is 255 g/mol. The highest BCUT2D eigenvalue weighted by molar-refractivity contribution is 5.81. The first-order valence-electron chi connectivity index (χ1n) is 7.14. The van der Waals surface area contributed by atoms with E-state index in [1.165, 1.54) is 12.8 Å². The molecule has 4 nitrogen and oxygen atoms in total. The molecule has 1 aliphatic rings. The molecular weight excluding hydrogens is 226 g/mol. The monoisotopic (exact) mass is 255 g/mol. The summed E-state index contributed by atoms with van der Waals surface area (Å²) in [7, 11) is 4.05. The van der Waals surface area contributed by atoms with Gasteiger partial charge >= 0.3 is 0 Å². The van der Waals surface area contributed by atoms with Crippen LogP contribution in [-0.2, 0) is 4.79 Å². The predicted molar refractivity (Wildman–Crippen MR) is 75.3 cm³/mol. The van der Waals surface area contributed by atoms with Crippen LogP contribution >= 0.6 is 0 Å². The van der Waals surface area contributed by atoms with Crippen molar-refractivity contribution < 1.29 is 4.79 Å². The lowest BCUT2D eigenvalue weighted by molar-refractivity contribution is -0.133. The third-order valence-corrected chi connectivity index (χ3v) is 4.29. The molecule has 1 heterocycles. The van der Waals surface area contributed by atoms with Gasteiger partial charge in [0.1, 0.15) is 0 Å². The van der Waals surface area contributed by atoms with Crippen molar-refractivity contribution in [3.63, 3.8) is 0 Å². The van der Waals surface area contributed by atoms with Crippen molar-refractivity contribution >= 4 is 5.91 Å². The summed E-state index contributed by atoms with van der Waals surface area (Å²) in [5.41, 5.74) is 6.00. The van der Waals surface area contributed by atoms with E-state index in [2.05, 4.69) is 18.9 Å². The van der Waals surface area contributed by atoms with E-state index >= 15 is 0 Å². The number of rotatable bonds is 5. The number of likely N-dealkylation sites (N-methyl/N-ethyl adjacent to an activating group) is 1. The van der Waals surface area contributed by atoms with Gasteiger partial charge in [0.05, 0.1) is 6.04 Å². The van der Waals surface area contributed by atoms with Crippen molar-refractivity contribution in [1.82, 2.24) is 9.80 Å². The fraction of sp³-hybridized carbons (Fsp3) is 0.929. The van der Waals surface area contributed by atoms with Crippen LogP contribution in [-0.4, -0.2) is 55.5 Å². The molecule has 4 heteroatoms. The largest absolute Gasteiger partial charge is 0.344 e. The molecule has 0 aromatic carbocycles. The minimum Gasteiger partial charge on any atom is -0.344 e. The molecule has 1 rings (SSSR count). The van der Waals surface area contributed by atoms with Crippen LogP contribution in [0.2, 0.25) is 0 Å². The lowest BCUT2D eigenvalue weighted by Gasteiger charge is -2.33. The number of carbonyl (C=O) groups excluding carboxylic acids is 1. The maximum atomic E-state index is 12.2. The molecule has 1 amide bonds. The maximum absolute atomic E-state index is 12.2. The Morgan fingerprint density at radius 1 is 1.44 bits per heavy atom. The third-order valence-electron chi connectivity index (χ3n) is 4.29. The molecule has 2 unspecified atom stereocenters. The lowest BCUT2D eigenvalue weighted by atomic mass is 9.95. The average Bonchev–Trinajstić information content (AvgIpc) is 2.38. The first kappa shape index (κ1) is 15.4. The number of nitrogens with two attached hydrogens (primary N) is 1. The normalized spacial score (nSPS) is 21.6. The van der Waals surface area contributed by atoms with E-state index in [0.29, 0.717) is 5.92 Å². The summed E-state index contributed by atoms with van der Waals surface area (Å²) < 4.78 is 0. The van der Waals surface area contributed by atoms with Crippen molar-refractivity contribution in [3.8, 4) is 0 Å². The summed E-state index contributed by atoms with van der Waals surface area (Å²) in [6.45, 7) is 7.27. The molecule has 0 aromatic heterocycles. The predicted octanol–water partition coefficient (Wildman–Crippen LogP) is 1.16. The van der Waals surface area contributed by atoms with Gasteiger partial charge in [-0.3, -0.25) is 4.79 Å². The number of likely N-dealkylation sites (tertiary alicyclic amines) is 1. The zero-order valence-electron chi connectivity index (χ0n) is 12.4. The molecular formula is C14H29N3O. The second-order valence-electron chi connectivity index (χ2n) is 5.88. The van der Waals surface area contributed by atoms with Gasteiger partial charge in [-0.15, -0.1) is 0 Å². The Morgan fingerprint density at radius 2 is 2.00 bits per heavy atom. The number of piperidine rings is 1. The fourth-order valence-electron chi connectivity index (χ4n) is 2.47. The van der Waals surface area contributed by atoms with E-state index in [9.17, 15) is 4.79 Å². The van der Waals surface area contributed by atoms with Crippen LogP contribution in [0.5, 0.6) is 0 Å². The summed E-state index contributed by atoms with van der Waals surface area (Å²) in [6, 6.07) is -0.341. The summed E-state index contributed by atoms with van der Waals surface area (Å²) >= 11 is 0. The Balaban J connectivity index is 2.40. The van der Waals surface area contributed by atoms with Gasteiger partial charge in [-0.2, -0.15) is 0 Å². The summed E-state index contributed by atoms with van der Waals surface area (Å²) in [4.78, 5) is 16.4. The molecule has 2 N–H and O–H groups in total. The smallest absolute Gasteiger partial charge is 0.239 e. The topological polar surface area (TPSA) is 49.6 Å². The fourth-order valence-corrected chi connectivity index (χ4v) is 2.47. The minimum atomic E-state index is -0.341. The number of hydrogen-bond donors (Lipinski definition) is 1. The van der Waals surface area contributed by atoms with Gasteiger partial charge < -0.3 is 15.5 Å². The molecule has 1 fully saturated rings. The van der Waals surface area contributed by atoms with Crippen LogP contribution in [0.15, 0.2) is 0 Å². The van der Waals surface area contributed by atoms with Gasteiger partial charge in [-0.25, -0.2) is 0 Å². The van der Waals surface area contributed by atoms with Crippen LogP contribution in [0.4, 0.5) is 0 Å². The molecule has 0 aliphatic carbocycles. The van der Waals surface area contributed by atoms with Gasteiger partial charge in [-0.1, -0.05) is 20.3 Å². The second-order valence-corrected chi connectivity index (χ2v) is 5.88. The highest BCUT2D eigenvalue weighted by Crippen LogP contribution is 2.17. The van der Waals surface area contributed by atoms with E-state index in [-0.39, 0.29) is 17.9 Å². The highest BCUT2D eigenvalue weighted by Gasteiger charge is 2.25. The molecule has 0 saturated carbocycles. The van der Waals surface area contributed by atoms with Crippen molar-refractivity contribution in [2.24, 2.45) is 17.6 Å². The number of nitrogens with zero attached hydrogens (tertiary/aromatic N) is 2. The molecule has 1 saturated heterocycles. The van der Waals surface area contributed by atoms with Crippen molar-refractivity contribution in [3.05, 3.63) is 0 Å². The van der Waals surface area contributed by atoms with E-state index < -0.39 is 0 Å². The van der Waals surface area contributed by atoms with Crippen LogP contribution < -0.4 is 5.73 Å². The Labute approximate surface area is 111 Å². The Morgan fingerprint density at radius 3 is 2.50 bits per heavy atom. The summed E-state index contributed by atoms with van der Waals surface area (Å²) in [5, 5.41) is 0. The van der Waals surface area contributed by atoms with Gasteiger partial charge in [0.15, 0.2) is 0 Å². The molecule has 0 aromatic rings. The molecule has 106 valence electrons. The van der Waals surface area contributed by atoms with Crippen molar-refractivity contribution in [2.75, 3.05) is 33.7 Å². The van der Waals surface area contributed by atoms with Crippen LogP contribution in [0.25, 0.3) is 0 Å². The summed E-state index contributed by atoms with van der Waals surface area (Å²) in [5.74, 6) is 1.000. The maximum Gasteiger partial charge on any atom is 0.239 e. The van der Waals surface area contributed by atoms with E-state index in [1.807, 2.05) is 18.9 Å². The zero-order chi connectivity index (χ0) is 13.7. The number of carbonyl (C=O) groups is 1. The second kappa shape index (κ2) is 7.10. The van der Waals surface area contributed by atoms with Crippen LogP contribution in [0.1, 0.15) is 33.1 Å². The molecule has 0 radical (unpaired) electrons. The molecule has 1 aliphatic heterocycles. The Kier molecular flexibility index (Phi) is 6.09. The standard InChI is InChI=1S/C14H29N3O/c1-5-11(2)13(15)14(18)17(4)10-12-6-8-16(3)9-7-12/h11-13H,5-10,15H2,1-4H3. The van der Waals surface area contributed by atoms with Crippen LogP contribution in [0.3, 0.4) is 0 Å². The summed E-state index contributed by atoms with van der Waals surface area (Å²) in [6.07, 6.45) is 3.33. The zero-order valence-corrected chi connectivity index (χ0v) is 12.4. The van der Waals surface area contributed by atoms with Crippen LogP contribution in [0, 0.1) is 11.8 Å². The van der Waals surface area contributed by atoms with E-state index in [4.69, 9.17) is 5.73 Å². The molecule has 0 bridgehead atoms. The van der Waals surface area contributed by atoms with Crippen molar-refractivity contribution in [2.45, 2.75) is 39.2 Å². The molecule has 2 atom stereocenters. The molecule has 0 spiro atoms. The van der Waals surface area contributed by atoms with Gasteiger partial charge in [0, 0.05) is 13.6 Å². The van der Waals surface area contributed by atoms with Crippen molar-refractivity contribution in [1.29, 1.82) is 0 Å². The Bertz CT molecular complexity index is 262. The minimum absolute atomic E-state index is 0.100. The Hall–Kier alpha value is -0.610. The molecule has 18 heavy (non-hydrogen) atoms. The highest BCUT2D eigenvalue weighted by atomic mass is 16.2. The third kappa shape index (κ3) is 4.25. The lowest BCUT2D eigenvalue weighted by Crippen LogP contribution is -2.47. The van der Waals surface area contributed by atoms with Gasteiger partial charge in [0.2, 0.25) is 5.91 Å². The van der Waals surface area contributed by atoms with E-state index in [0.717, 1.165) is 26.1 Å². The number of hydrogen-bond acceptors (Lipinski definition) is 3. The number of amides is 1. The van der Waals surface area contributed by atoms with Gasteiger partial charge in [0.25, 0.3) is 0 Å².